The summed E-state index contributed by atoms with van der Waals surface area (Å²) in [6.45, 7) is 5.00. The van der Waals surface area contributed by atoms with Crippen molar-refractivity contribution in [2.75, 3.05) is 20.3 Å². The Kier molecular flexibility index (Phi) is 7.92. The highest BCUT2D eigenvalue weighted by Gasteiger charge is 2.27. The number of methoxy groups -OCH3 is 1. The first-order valence-electron chi connectivity index (χ1n) is 7.99. The molecule has 2 N–H and O–H groups in total. The molecule has 0 saturated carbocycles. The summed E-state index contributed by atoms with van der Waals surface area (Å²) < 4.78 is 10.5. The second-order valence-electron chi connectivity index (χ2n) is 5.76. The van der Waals surface area contributed by atoms with Gasteiger partial charge in [0, 0.05) is 18.2 Å². The number of carbonyl (C=O) groups excluding carboxylic acids is 1. The van der Waals surface area contributed by atoms with Gasteiger partial charge in [-0.1, -0.05) is 0 Å². The van der Waals surface area contributed by atoms with Gasteiger partial charge in [0.25, 0.3) is 11.6 Å². The van der Waals surface area contributed by atoms with Crippen molar-refractivity contribution >= 4 is 24.0 Å². The molecular formula is C16H24ClN3O5. The molecule has 0 bridgehead atoms. The number of piperidine rings is 1. The molecule has 8 nitrogen and oxygen atoms in total. The first kappa shape index (κ1) is 21.0. The van der Waals surface area contributed by atoms with Crippen LogP contribution in [0.4, 0.5) is 5.69 Å². The number of amides is 1. The van der Waals surface area contributed by atoms with Gasteiger partial charge in [0.2, 0.25) is 0 Å². The van der Waals surface area contributed by atoms with Gasteiger partial charge in [-0.25, -0.2) is 0 Å². The highest BCUT2D eigenvalue weighted by Crippen LogP contribution is 2.34. The first-order chi connectivity index (χ1) is 11.5. The van der Waals surface area contributed by atoms with Gasteiger partial charge in [-0.2, -0.15) is 0 Å². The molecule has 0 spiro atoms. The number of halogens is 1. The van der Waals surface area contributed by atoms with Crippen molar-refractivity contribution in [2.24, 2.45) is 0 Å². The van der Waals surface area contributed by atoms with Crippen molar-refractivity contribution in [3.05, 3.63) is 27.8 Å². The third-order valence-electron chi connectivity index (χ3n) is 3.98. The summed E-state index contributed by atoms with van der Waals surface area (Å²) in [5.41, 5.74) is -0.315. The van der Waals surface area contributed by atoms with Crippen LogP contribution in [-0.4, -0.2) is 43.2 Å². The SMILES string of the molecule is CCOc1cc(C(=O)NC2CCNC(C)C2)c([N+](=O)[O-])cc1OC.Cl. The highest BCUT2D eigenvalue weighted by molar-refractivity contribution is 5.99. The fourth-order valence-electron chi connectivity index (χ4n) is 2.84. The van der Waals surface area contributed by atoms with Crippen LogP contribution in [0.5, 0.6) is 11.5 Å². The standard InChI is InChI=1S/C16H23N3O5.ClH/c1-4-24-15-8-12(13(19(21)22)9-14(15)23-3)16(20)18-11-5-6-17-10(2)7-11;/h8-11,17H,4-7H2,1-3H3,(H,18,20);1H. The van der Waals surface area contributed by atoms with Gasteiger partial charge >= 0.3 is 0 Å². The van der Waals surface area contributed by atoms with Crippen molar-refractivity contribution < 1.29 is 19.2 Å². The lowest BCUT2D eigenvalue weighted by atomic mass is 10.00. The van der Waals surface area contributed by atoms with Crippen LogP contribution < -0.4 is 20.1 Å². The Morgan fingerprint density at radius 3 is 2.72 bits per heavy atom. The van der Waals surface area contributed by atoms with Crippen molar-refractivity contribution in [2.45, 2.75) is 38.8 Å². The van der Waals surface area contributed by atoms with Crippen LogP contribution in [-0.2, 0) is 0 Å². The Hall–Kier alpha value is -2.06. The number of nitrogens with one attached hydrogen (secondary N) is 2. The van der Waals surface area contributed by atoms with E-state index in [9.17, 15) is 14.9 Å². The minimum absolute atomic E-state index is 0. The van der Waals surface area contributed by atoms with Crippen LogP contribution >= 0.6 is 12.4 Å². The number of benzene rings is 1. The molecule has 2 atom stereocenters. The highest BCUT2D eigenvalue weighted by atomic mass is 35.5. The van der Waals surface area contributed by atoms with E-state index in [2.05, 4.69) is 10.6 Å². The molecule has 1 aromatic rings. The predicted molar refractivity (Wildman–Crippen MR) is 96.0 cm³/mol. The minimum atomic E-state index is -0.585. The van der Waals surface area contributed by atoms with Gasteiger partial charge in [0.05, 0.1) is 24.7 Å². The van der Waals surface area contributed by atoms with Crippen LogP contribution in [0.3, 0.4) is 0 Å². The average molecular weight is 374 g/mol. The van der Waals surface area contributed by atoms with E-state index in [0.717, 1.165) is 19.4 Å². The topological polar surface area (TPSA) is 103 Å². The molecule has 1 fully saturated rings. The number of nitro benzene ring substituents is 1. The van der Waals surface area contributed by atoms with Gasteiger partial charge in [0.1, 0.15) is 5.56 Å². The summed E-state index contributed by atoms with van der Waals surface area (Å²) in [5, 5.41) is 17.5. The maximum atomic E-state index is 12.6. The summed E-state index contributed by atoms with van der Waals surface area (Å²) in [6, 6.07) is 2.89. The maximum absolute atomic E-state index is 12.6. The summed E-state index contributed by atoms with van der Waals surface area (Å²) in [5.74, 6) is 0.0782. The summed E-state index contributed by atoms with van der Waals surface area (Å²) in [4.78, 5) is 23.3. The van der Waals surface area contributed by atoms with Gasteiger partial charge in [-0.05, 0) is 33.2 Å². The van der Waals surface area contributed by atoms with E-state index in [1.165, 1.54) is 19.2 Å². The molecular weight excluding hydrogens is 350 g/mol. The lowest BCUT2D eigenvalue weighted by molar-refractivity contribution is -0.385. The van der Waals surface area contributed by atoms with E-state index in [-0.39, 0.29) is 35.4 Å². The Balaban J connectivity index is 0.00000312. The molecule has 1 amide bonds. The Labute approximate surface area is 152 Å². The number of nitro groups is 1. The van der Waals surface area contributed by atoms with Crippen molar-refractivity contribution in [3.63, 3.8) is 0 Å². The van der Waals surface area contributed by atoms with Crippen molar-refractivity contribution in [3.8, 4) is 11.5 Å². The summed E-state index contributed by atoms with van der Waals surface area (Å²) in [7, 11) is 1.40. The minimum Gasteiger partial charge on any atom is -0.493 e. The Bertz CT molecular complexity index is 626. The smallest absolute Gasteiger partial charge is 0.286 e. The molecule has 0 aliphatic carbocycles. The summed E-state index contributed by atoms with van der Waals surface area (Å²) in [6.07, 6.45) is 1.58. The molecule has 1 aliphatic rings. The van der Waals surface area contributed by atoms with Crippen LogP contribution in [0.15, 0.2) is 12.1 Å². The zero-order valence-electron chi connectivity index (χ0n) is 14.5. The van der Waals surface area contributed by atoms with Crippen LogP contribution in [0, 0.1) is 10.1 Å². The fourth-order valence-corrected chi connectivity index (χ4v) is 2.84. The zero-order valence-corrected chi connectivity index (χ0v) is 15.4. The molecule has 140 valence electrons. The molecule has 9 heteroatoms. The molecule has 1 aromatic carbocycles. The van der Waals surface area contributed by atoms with Gasteiger partial charge in [0.15, 0.2) is 11.5 Å². The molecule has 0 aromatic heterocycles. The predicted octanol–water partition coefficient (Wildman–Crippen LogP) is 2.29. The second kappa shape index (κ2) is 9.43. The largest absolute Gasteiger partial charge is 0.493 e. The van der Waals surface area contributed by atoms with Gasteiger partial charge in [-0.3, -0.25) is 14.9 Å². The van der Waals surface area contributed by atoms with E-state index < -0.39 is 10.8 Å². The van der Waals surface area contributed by atoms with Crippen molar-refractivity contribution in [1.82, 2.24) is 10.6 Å². The van der Waals surface area contributed by atoms with E-state index in [1.54, 1.807) is 6.92 Å². The van der Waals surface area contributed by atoms with Gasteiger partial charge < -0.3 is 20.1 Å². The van der Waals surface area contributed by atoms with Gasteiger partial charge in [-0.15, -0.1) is 12.4 Å². The molecule has 1 heterocycles. The van der Waals surface area contributed by atoms with Crippen LogP contribution in [0.25, 0.3) is 0 Å². The lowest BCUT2D eigenvalue weighted by Gasteiger charge is -2.28. The summed E-state index contributed by atoms with van der Waals surface area (Å²) >= 11 is 0. The maximum Gasteiger partial charge on any atom is 0.286 e. The third kappa shape index (κ3) is 5.20. The molecule has 2 rings (SSSR count). The third-order valence-corrected chi connectivity index (χ3v) is 3.98. The quantitative estimate of drug-likeness (QED) is 0.585. The average Bonchev–Trinajstić information content (AvgIpc) is 2.54. The Morgan fingerprint density at radius 1 is 1.44 bits per heavy atom. The number of hydrogen-bond donors (Lipinski definition) is 2. The molecule has 0 radical (unpaired) electrons. The molecule has 2 unspecified atom stereocenters. The normalized spacial score (nSPS) is 19.5. The second-order valence-corrected chi connectivity index (χ2v) is 5.76. The monoisotopic (exact) mass is 373 g/mol. The number of rotatable bonds is 6. The van der Waals surface area contributed by atoms with E-state index in [0.29, 0.717) is 18.4 Å². The Morgan fingerprint density at radius 2 is 2.16 bits per heavy atom. The number of carbonyl (C=O) groups is 1. The first-order valence-corrected chi connectivity index (χ1v) is 7.99. The fraction of sp³-hybridized carbons (Fsp3) is 0.562. The van der Waals surface area contributed by atoms with E-state index >= 15 is 0 Å². The molecule has 1 aliphatic heterocycles. The molecule has 25 heavy (non-hydrogen) atoms. The van der Waals surface area contributed by atoms with Crippen molar-refractivity contribution in [1.29, 1.82) is 0 Å². The zero-order chi connectivity index (χ0) is 17.7. The van der Waals surface area contributed by atoms with E-state index in [4.69, 9.17) is 9.47 Å². The van der Waals surface area contributed by atoms with E-state index in [1.807, 2.05) is 6.92 Å². The van der Waals surface area contributed by atoms with Crippen LogP contribution in [0.2, 0.25) is 0 Å². The number of ether oxygens (including phenoxy) is 2. The lowest BCUT2D eigenvalue weighted by Crippen LogP contribution is -2.46. The molecule has 1 saturated heterocycles. The number of hydrogen-bond acceptors (Lipinski definition) is 6. The van der Waals surface area contributed by atoms with Crippen LogP contribution in [0.1, 0.15) is 37.0 Å². The number of nitrogens with zero attached hydrogens (tertiary/aromatic N) is 1.